The van der Waals surface area contributed by atoms with Crippen molar-refractivity contribution in [2.75, 3.05) is 0 Å². The molecule has 0 amide bonds. The van der Waals surface area contributed by atoms with Crippen LogP contribution in [-0.4, -0.2) is 9.55 Å². The monoisotopic (exact) mass is 324 g/mol. The van der Waals surface area contributed by atoms with Crippen molar-refractivity contribution in [1.82, 2.24) is 9.55 Å². The molecule has 4 nitrogen and oxygen atoms in total. The lowest BCUT2D eigenvalue weighted by Crippen LogP contribution is -2.31. The Morgan fingerprint density at radius 1 is 1.33 bits per heavy atom. The molecule has 1 unspecified atom stereocenters. The van der Waals surface area contributed by atoms with Crippen molar-refractivity contribution in [2.45, 2.75) is 19.1 Å². The van der Waals surface area contributed by atoms with Crippen LogP contribution in [0.25, 0.3) is 0 Å². The molecule has 21 heavy (non-hydrogen) atoms. The van der Waals surface area contributed by atoms with E-state index in [9.17, 15) is 0 Å². The van der Waals surface area contributed by atoms with Gasteiger partial charge in [0.15, 0.2) is 0 Å². The summed E-state index contributed by atoms with van der Waals surface area (Å²) in [6.45, 7) is 1.84. The zero-order valence-corrected chi connectivity index (χ0v) is 13.1. The van der Waals surface area contributed by atoms with Crippen LogP contribution in [0.1, 0.15) is 18.2 Å². The van der Waals surface area contributed by atoms with Gasteiger partial charge in [-0.2, -0.15) is 0 Å². The Kier molecular flexibility index (Phi) is 3.59. The summed E-state index contributed by atoms with van der Waals surface area (Å²) in [5, 5.41) is 1.08. The minimum atomic E-state index is -0.987. The number of hydrogen-bond donors (Lipinski definition) is 0. The molecule has 1 aliphatic heterocycles. The molecule has 0 spiro atoms. The van der Waals surface area contributed by atoms with Gasteiger partial charge in [-0.1, -0.05) is 23.2 Å². The van der Waals surface area contributed by atoms with Crippen LogP contribution in [0.3, 0.4) is 0 Å². The fourth-order valence-corrected chi connectivity index (χ4v) is 2.92. The first kappa shape index (κ1) is 14.3. The van der Waals surface area contributed by atoms with E-state index in [0.29, 0.717) is 22.2 Å². The molecule has 0 saturated heterocycles. The second-order valence-corrected chi connectivity index (χ2v) is 5.84. The topological polar surface area (TPSA) is 36.3 Å². The van der Waals surface area contributed by atoms with Gasteiger partial charge in [0.25, 0.3) is 5.79 Å². The number of hydrogen-bond acceptors (Lipinski definition) is 3. The van der Waals surface area contributed by atoms with E-state index in [1.165, 1.54) is 0 Å². The molecule has 0 radical (unpaired) electrons. The van der Waals surface area contributed by atoms with Gasteiger partial charge in [-0.15, -0.1) is 0 Å². The molecule has 2 heterocycles. The van der Waals surface area contributed by atoms with Crippen LogP contribution in [-0.2, 0) is 28.7 Å². The number of aromatic nitrogens is 2. The summed E-state index contributed by atoms with van der Waals surface area (Å²) in [5.41, 5.74) is 1.71. The third kappa shape index (κ3) is 2.61. The van der Waals surface area contributed by atoms with Crippen LogP contribution < -0.4 is 0 Å². The van der Waals surface area contributed by atoms with E-state index in [-0.39, 0.29) is 0 Å². The summed E-state index contributed by atoms with van der Waals surface area (Å²) in [6.07, 6.45) is 5.60. The highest BCUT2D eigenvalue weighted by molar-refractivity contribution is 6.35. The number of allylic oxidation sites excluding steroid dienone is 1. The van der Waals surface area contributed by atoms with Crippen molar-refractivity contribution < 1.29 is 9.47 Å². The van der Waals surface area contributed by atoms with Crippen molar-refractivity contribution >= 4 is 23.2 Å². The minimum Gasteiger partial charge on any atom is -0.452 e. The number of aryl methyl sites for hydroxylation is 1. The number of halogens is 2. The van der Waals surface area contributed by atoms with Crippen LogP contribution in [0, 0.1) is 0 Å². The largest absolute Gasteiger partial charge is 0.452 e. The standard InChI is InChI=1S/C15H14Cl2N2O2/c1-10-8-20-15(21-10,6-12-7-18-9-19(12)2)13-4-3-11(16)5-14(13)17/h3-5,7-9H,6H2,1-2H3. The van der Waals surface area contributed by atoms with E-state index in [2.05, 4.69) is 4.98 Å². The molecule has 0 fully saturated rings. The van der Waals surface area contributed by atoms with Crippen LogP contribution in [0.4, 0.5) is 0 Å². The van der Waals surface area contributed by atoms with E-state index >= 15 is 0 Å². The number of ether oxygens (including phenoxy) is 2. The van der Waals surface area contributed by atoms with E-state index in [0.717, 1.165) is 11.3 Å². The maximum Gasteiger partial charge on any atom is 0.284 e. The number of imidazole rings is 1. The average molecular weight is 325 g/mol. The fraction of sp³-hybridized carbons (Fsp3) is 0.267. The first-order valence-electron chi connectivity index (χ1n) is 6.44. The molecule has 1 atom stereocenters. The van der Waals surface area contributed by atoms with Gasteiger partial charge < -0.3 is 14.0 Å². The van der Waals surface area contributed by atoms with Crippen molar-refractivity contribution in [1.29, 1.82) is 0 Å². The third-order valence-electron chi connectivity index (χ3n) is 3.41. The van der Waals surface area contributed by atoms with Gasteiger partial charge in [-0.25, -0.2) is 4.98 Å². The molecular weight excluding hydrogens is 311 g/mol. The smallest absolute Gasteiger partial charge is 0.284 e. The second-order valence-electron chi connectivity index (χ2n) is 5.00. The SMILES string of the molecule is CC1=COC(Cc2cncn2C)(c2ccc(Cl)cc2Cl)O1. The number of nitrogens with zero attached hydrogens (tertiary/aromatic N) is 2. The molecule has 0 N–H and O–H groups in total. The summed E-state index contributed by atoms with van der Waals surface area (Å²) < 4.78 is 13.7. The maximum atomic E-state index is 6.34. The molecule has 1 aromatic heterocycles. The Bertz CT molecular complexity index is 711. The van der Waals surface area contributed by atoms with E-state index < -0.39 is 5.79 Å². The fourth-order valence-electron chi connectivity index (χ4n) is 2.37. The van der Waals surface area contributed by atoms with Crippen molar-refractivity contribution in [2.24, 2.45) is 7.05 Å². The number of rotatable bonds is 3. The zero-order chi connectivity index (χ0) is 15.0. The second kappa shape index (κ2) is 5.28. The van der Waals surface area contributed by atoms with Crippen molar-refractivity contribution in [3.8, 4) is 0 Å². The number of benzene rings is 1. The van der Waals surface area contributed by atoms with Gasteiger partial charge in [0, 0.05) is 24.0 Å². The molecule has 0 saturated carbocycles. The van der Waals surface area contributed by atoms with Crippen LogP contribution in [0.15, 0.2) is 42.7 Å². The van der Waals surface area contributed by atoms with E-state index in [4.69, 9.17) is 32.7 Å². The van der Waals surface area contributed by atoms with Gasteiger partial charge in [-0.05, 0) is 25.1 Å². The van der Waals surface area contributed by atoms with Crippen LogP contribution in [0.2, 0.25) is 10.0 Å². The molecule has 1 aromatic carbocycles. The predicted octanol–water partition coefficient (Wildman–Crippen LogP) is 4.03. The quantitative estimate of drug-likeness (QED) is 0.855. The van der Waals surface area contributed by atoms with Gasteiger partial charge in [0.05, 0.1) is 23.3 Å². The average Bonchev–Trinajstić information content (AvgIpc) is 2.98. The van der Waals surface area contributed by atoms with E-state index in [1.54, 1.807) is 30.9 Å². The highest BCUT2D eigenvalue weighted by Gasteiger charge is 2.42. The minimum absolute atomic E-state index is 0.485. The Hall–Kier alpha value is -1.65. The summed E-state index contributed by atoms with van der Waals surface area (Å²) in [4.78, 5) is 4.12. The van der Waals surface area contributed by atoms with Gasteiger partial charge in [0.2, 0.25) is 0 Å². The summed E-state index contributed by atoms with van der Waals surface area (Å²) in [7, 11) is 1.93. The Labute approximate surface area is 132 Å². The summed E-state index contributed by atoms with van der Waals surface area (Å²) >= 11 is 12.3. The Morgan fingerprint density at radius 2 is 2.14 bits per heavy atom. The first-order valence-corrected chi connectivity index (χ1v) is 7.20. The molecule has 0 bridgehead atoms. The molecule has 6 heteroatoms. The highest BCUT2D eigenvalue weighted by Crippen LogP contribution is 2.42. The third-order valence-corrected chi connectivity index (χ3v) is 3.96. The normalized spacial score (nSPS) is 20.9. The summed E-state index contributed by atoms with van der Waals surface area (Å²) in [6, 6.07) is 5.28. The Balaban J connectivity index is 2.04. The maximum absolute atomic E-state index is 6.34. The summed E-state index contributed by atoms with van der Waals surface area (Å²) in [5.74, 6) is -0.289. The molecule has 3 rings (SSSR count). The molecule has 2 aromatic rings. The van der Waals surface area contributed by atoms with Crippen molar-refractivity contribution in [3.63, 3.8) is 0 Å². The van der Waals surface area contributed by atoms with Crippen molar-refractivity contribution in [3.05, 3.63) is 64.0 Å². The molecule has 1 aliphatic rings. The first-order chi connectivity index (χ1) is 10.00. The van der Waals surface area contributed by atoms with Crippen LogP contribution >= 0.6 is 23.2 Å². The molecular formula is C15H14Cl2N2O2. The lowest BCUT2D eigenvalue weighted by molar-refractivity contribution is -0.156. The highest BCUT2D eigenvalue weighted by atomic mass is 35.5. The van der Waals surface area contributed by atoms with Gasteiger partial charge >= 0.3 is 0 Å². The Morgan fingerprint density at radius 3 is 2.71 bits per heavy atom. The molecule has 110 valence electrons. The zero-order valence-electron chi connectivity index (χ0n) is 11.6. The lowest BCUT2D eigenvalue weighted by atomic mass is 10.0. The lowest BCUT2D eigenvalue weighted by Gasteiger charge is -2.29. The van der Waals surface area contributed by atoms with Gasteiger partial charge in [-0.3, -0.25) is 0 Å². The van der Waals surface area contributed by atoms with Crippen LogP contribution in [0.5, 0.6) is 0 Å². The van der Waals surface area contributed by atoms with Gasteiger partial charge in [0.1, 0.15) is 12.0 Å². The molecule has 0 aliphatic carbocycles. The predicted molar refractivity (Wildman–Crippen MR) is 81.0 cm³/mol. The van der Waals surface area contributed by atoms with E-state index in [1.807, 2.05) is 24.6 Å².